The van der Waals surface area contributed by atoms with Crippen LogP contribution in [-0.4, -0.2) is 48.8 Å². The van der Waals surface area contributed by atoms with Gasteiger partial charge in [-0.25, -0.2) is 0 Å². The van der Waals surface area contributed by atoms with Crippen molar-refractivity contribution < 1.29 is 4.74 Å². The molecule has 2 saturated heterocycles. The van der Waals surface area contributed by atoms with Crippen molar-refractivity contribution in [3.63, 3.8) is 0 Å². The molecule has 0 amide bonds. The first-order valence-corrected chi connectivity index (χ1v) is 6.73. The van der Waals surface area contributed by atoms with Crippen molar-refractivity contribution in [3.8, 4) is 0 Å². The van der Waals surface area contributed by atoms with E-state index in [0.717, 1.165) is 19.8 Å². The molecular weight excluding hydrogens is 200 g/mol. The molecule has 3 nitrogen and oxygen atoms in total. The average molecular weight is 226 g/mol. The lowest BCUT2D eigenvalue weighted by Crippen LogP contribution is -2.62. The third kappa shape index (κ3) is 2.41. The van der Waals surface area contributed by atoms with Crippen molar-refractivity contribution in [1.29, 1.82) is 0 Å². The summed E-state index contributed by atoms with van der Waals surface area (Å²) in [7, 11) is 0. The SMILES string of the molecule is CCCC1CN(C2(C)CCOC2)C(C)CN1. The molecule has 0 aromatic heterocycles. The van der Waals surface area contributed by atoms with E-state index in [0.29, 0.717) is 12.1 Å². The Balaban J connectivity index is 2.00. The van der Waals surface area contributed by atoms with Gasteiger partial charge in [-0.2, -0.15) is 0 Å². The highest BCUT2D eigenvalue weighted by molar-refractivity contribution is 4.97. The molecule has 1 N–H and O–H groups in total. The van der Waals surface area contributed by atoms with Crippen LogP contribution in [0, 0.1) is 0 Å². The normalized spacial score (nSPS) is 41.4. The Bertz CT molecular complexity index is 226. The zero-order valence-corrected chi connectivity index (χ0v) is 11.0. The summed E-state index contributed by atoms with van der Waals surface area (Å²) < 4.78 is 5.59. The molecule has 3 heteroatoms. The van der Waals surface area contributed by atoms with Gasteiger partial charge in [-0.1, -0.05) is 13.3 Å². The number of hydrogen-bond acceptors (Lipinski definition) is 3. The summed E-state index contributed by atoms with van der Waals surface area (Å²) in [6.07, 6.45) is 3.75. The van der Waals surface area contributed by atoms with Gasteiger partial charge >= 0.3 is 0 Å². The zero-order valence-electron chi connectivity index (χ0n) is 11.0. The summed E-state index contributed by atoms with van der Waals surface area (Å²) in [5, 5.41) is 3.66. The first kappa shape index (κ1) is 12.3. The van der Waals surface area contributed by atoms with Gasteiger partial charge in [-0.05, 0) is 26.7 Å². The van der Waals surface area contributed by atoms with E-state index in [9.17, 15) is 0 Å². The minimum absolute atomic E-state index is 0.285. The number of rotatable bonds is 3. The highest BCUT2D eigenvalue weighted by atomic mass is 16.5. The fraction of sp³-hybridized carbons (Fsp3) is 1.00. The molecule has 0 aromatic carbocycles. The molecule has 2 aliphatic rings. The van der Waals surface area contributed by atoms with E-state index >= 15 is 0 Å². The van der Waals surface area contributed by atoms with Crippen LogP contribution in [0.25, 0.3) is 0 Å². The fourth-order valence-electron chi connectivity index (χ4n) is 3.11. The standard InChI is InChI=1S/C13H26N2O/c1-4-5-12-9-15(11(2)8-14-12)13(3)6-7-16-10-13/h11-12,14H,4-10H2,1-3H3. The molecule has 16 heavy (non-hydrogen) atoms. The van der Waals surface area contributed by atoms with E-state index in [-0.39, 0.29) is 5.54 Å². The van der Waals surface area contributed by atoms with Crippen LogP contribution in [0.4, 0.5) is 0 Å². The molecule has 0 saturated carbocycles. The van der Waals surface area contributed by atoms with Crippen molar-refractivity contribution in [2.24, 2.45) is 0 Å². The topological polar surface area (TPSA) is 24.5 Å². The monoisotopic (exact) mass is 226 g/mol. The Hall–Kier alpha value is -0.120. The van der Waals surface area contributed by atoms with Crippen LogP contribution in [0.1, 0.15) is 40.0 Å². The Morgan fingerprint density at radius 3 is 2.94 bits per heavy atom. The predicted molar refractivity (Wildman–Crippen MR) is 66.7 cm³/mol. The van der Waals surface area contributed by atoms with Gasteiger partial charge in [0.2, 0.25) is 0 Å². The van der Waals surface area contributed by atoms with Crippen molar-refractivity contribution in [1.82, 2.24) is 10.2 Å². The smallest absolute Gasteiger partial charge is 0.0648 e. The summed E-state index contributed by atoms with van der Waals surface area (Å²) >= 11 is 0. The summed E-state index contributed by atoms with van der Waals surface area (Å²) in [4.78, 5) is 2.68. The zero-order chi connectivity index (χ0) is 11.6. The van der Waals surface area contributed by atoms with Crippen molar-refractivity contribution in [3.05, 3.63) is 0 Å². The van der Waals surface area contributed by atoms with Crippen LogP contribution < -0.4 is 5.32 Å². The Kier molecular flexibility index (Phi) is 3.88. The molecule has 0 aromatic rings. The number of nitrogens with one attached hydrogen (secondary N) is 1. The lowest BCUT2D eigenvalue weighted by atomic mass is 9.93. The van der Waals surface area contributed by atoms with Crippen molar-refractivity contribution in [2.45, 2.75) is 57.7 Å². The van der Waals surface area contributed by atoms with Gasteiger partial charge in [0.1, 0.15) is 0 Å². The molecule has 2 heterocycles. The second-order valence-electron chi connectivity index (χ2n) is 5.69. The van der Waals surface area contributed by atoms with Gasteiger partial charge in [0, 0.05) is 37.3 Å². The molecule has 2 aliphatic heterocycles. The van der Waals surface area contributed by atoms with E-state index in [4.69, 9.17) is 4.74 Å². The maximum atomic E-state index is 5.59. The van der Waals surface area contributed by atoms with Crippen molar-refractivity contribution >= 4 is 0 Å². The van der Waals surface area contributed by atoms with E-state index in [1.807, 2.05) is 0 Å². The maximum Gasteiger partial charge on any atom is 0.0648 e. The third-order valence-corrected chi connectivity index (χ3v) is 4.18. The van der Waals surface area contributed by atoms with Crippen LogP contribution in [0.2, 0.25) is 0 Å². The molecule has 3 atom stereocenters. The predicted octanol–water partition coefficient (Wildman–Crippen LogP) is 1.63. The number of hydrogen-bond donors (Lipinski definition) is 1. The Labute approximate surface area is 99.5 Å². The summed E-state index contributed by atoms with van der Waals surface area (Å²) in [6, 6.07) is 1.32. The maximum absolute atomic E-state index is 5.59. The molecule has 2 rings (SSSR count). The molecule has 2 fully saturated rings. The molecular formula is C13H26N2O. The second-order valence-corrected chi connectivity index (χ2v) is 5.69. The molecule has 0 bridgehead atoms. The summed E-state index contributed by atoms with van der Waals surface area (Å²) in [6.45, 7) is 11.1. The van der Waals surface area contributed by atoms with Gasteiger partial charge < -0.3 is 10.1 Å². The lowest BCUT2D eigenvalue weighted by Gasteiger charge is -2.47. The molecule has 3 unspecified atom stereocenters. The van der Waals surface area contributed by atoms with Crippen LogP contribution in [0.3, 0.4) is 0 Å². The Morgan fingerprint density at radius 2 is 2.31 bits per heavy atom. The highest BCUT2D eigenvalue weighted by Crippen LogP contribution is 2.29. The van der Waals surface area contributed by atoms with Crippen LogP contribution >= 0.6 is 0 Å². The minimum Gasteiger partial charge on any atom is -0.379 e. The van der Waals surface area contributed by atoms with E-state index in [1.54, 1.807) is 0 Å². The summed E-state index contributed by atoms with van der Waals surface area (Å²) in [5.74, 6) is 0. The summed E-state index contributed by atoms with van der Waals surface area (Å²) in [5.41, 5.74) is 0.285. The molecule has 94 valence electrons. The van der Waals surface area contributed by atoms with Crippen LogP contribution in [0.15, 0.2) is 0 Å². The van der Waals surface area contributed by atoms with E-state index in [1.165, 1.54) is 25.8 Å². The quantitative estimate of drug-likeness (QED) is 0.791. The second kappa shape index (κ2) is 5.03. The first-order chi connectivity index (χ1) is 7.65. The lowest BCUT2D eigenvalue weighted by molar-refractivity contribution is 0.0176. The van der Waals surface area contributed by atoms with Crippen LogP contribution in [-0.2, 0) is 4.74 Å². The van der Waals surface area contributed by atoms with E-state index < -0.39 is 0 Å². The fourth-order valence-corrected chi connectivity index (χ4v) is 3.11. The van der Waals surface area contributed by atoms with E-state index in [2.05, 4.69) is 31.0 Å². The first-order valence-electron chi connectivity index (χ1n) is 6.73. The average Bonchev–Trinajstić information content (AvgIpc) is 2.69. The number of piperazine rings is 1. The largest absolute Gasteiger partial charge is 0.379 e. The highest BCUT2D eigenvalue weighted by Gasteiger charge is 2.40. The number of ether oxygens (including phenoxy) is 1. The van der Waals surface area contributed by atoms with Gasteiger partial charge in [-0.15, -0.1) is 0 Å². The van der Waals surface area contributed by atoms with Gasteiger partial charge in [0.25, 0.3) is 0 Å². The van der Waals surface area contributed by atoms with Crippen LogP contribution in [0.5, 0.6) is 0 Å². The van der Waals surface area contributed by atoms with Crippen molar-refractivity contribution in [2.75, 3.05) is 26.3 Å². The number of nitrogens with zero attached hydrogens (tertiary/aromatic N) is 1. The molecule has 0 aliphatic carbocycles. The minimum atomic E-state index is 0.285. The Morgan fingerprint density at radius 1 is 1.50 bits per heavy atom. The molecule has 0 spiro atoms. The third-order valence-electron chi connectivity index (χ3n) is 4.18. The van der Waals surface area contributed by atoms with Gasteiger partial charge in [-0.3, -0.25) is 4.90 Å². The van der Waals surface area contributed by atoms with Gasteiger partial charge in [0.05, 0.1) is 6.61 Å². The van der Waals surface area contributed by atoms with Gasteiger partial charge in [0.15, 0.2) is 0 Å². The molecule has 0 radical (unpaired) electrons.